The number of aliphatic hydroxyl groups excluding tert-OH is 1. The van der Waals surface area contributed by atoms with E-state index in [1.54, 1.807) is 7.11 Å². The fourth-order valence-corrected chi connectivity index (χ4v) is 3.88. The number of aliphatic hydroxyl groups is 1. The Bertz CT molecular complexity index is 435. The van der Waals surface area contributed by atoms with E-state index in [2.05, 4.69) is 24.3 Å². The van der Waals surface area contributed by atoms with Gasteiger partial charge in [0.1, 0.15) is 0 Å². The van der Waals surface area contributed by atoms with Gasteiger partial charge in [-0.2, -0.15) is 0 Å². The van der Waals surface area contributed by atoms with Gasteiger partial charge in [-0.3, -0.25) is 0 Å². The van der Waals surface area contributed by atoms with Gasteiger partial charge in [-0.15, -0.1) is 0 Å². The van der Waals surface area contributed by atoms with Gasteiger partial charge in [-0.25, -0.2) is 0 Å². The Hall–Kier alpha value is -0.860. The summed E-state index contributed by atoms with van der Waals surface area (Å²) in [6.45, 7) is 0. The summed E-state index contributed by atoms with van der Waals surface area (Å²) in [6, 6.07) is 8.61. The molecule has 2 nitrogen and oxygen atoms in total. The highest BCUT2D eigenvalue weighted by Crippen LogP contribution is 2.42. The quantitative estimate of drug-likeness (QED) is 0.898. The van der Waals surface area contributed by atoms with Crippen LogP contribution in [0, 0.1) is 0 Å². The lowest BCUT2D eigenvalue weighted by molar-refractivity contribution is -0.127. The topological polar surface area (TPSA) is 29.5 Å². The van der Waals surface area contributed by atoms with E-state index in [9.17, 15) is 5.11 Å². The number of benzene rings is 1. The number of hydrogen-bond acceptors (Lipinski definition) is 2. The molecule has 0 radical (unpaired) electrons. The maximum absolute atomic E-state index is 10.7. The van der Waals surface area contributed by atoms with Crippen molar-refractivity contribution >= 4 is 0 Å². The largest absolute Gasteiger partial charge is 0.390 e. The van der Waals surface area contributed by atoms with E-state index in [4.69, 9.17) is 4.74 Å². The summed E-state index contributed by atoms with van der Waals surface area (Å²) < 4.78 is 5.75. The van der Waals surface area contributed by atoms with Crippen molar-refractivity contribution in [3.05, 3.63) is 35.4 Å². The molecule has 0 aromatic heterocycles. The third kappa shape index (κ3) is 2.32. The number of methoxy groups -OCH3 is 1. The lowest BCUT2D eigenvalue weighted by Gasteiger charge is -2.42. The van der Waals surface area contributed by atoms with Crippen molar-refractivity contribution in [3.63, 3.8) is 0 Å². The van der Waals surface area contributed by atoms with Crippen molar-refractivity contribution in [2.75, 3.05) is 7.11 Å². The summed E-state index contributed by atoms with van der Waals surface area (Å²) in [5.41, 5.74) is 2.61. The molecule has 2 atom stereocenters. The molecule has 3 rings (SSSR count). The monoisotopic (exact) mass is 260 g/mol. The molecule has 2 aliphatic rings. The summed E-state index contributed by atoms with van der Waals surface area (Å²) in [7, 11) is 1.77. The van der Waals surface area contributed by atoms with Crippen LogP contribution in [0.2, 0.25) is 0 Å². The predicted octanol–water partition coefficient (Wildman–Crippen LogP) is 3.43. The van der Waals surface area contributed by atoms with Crippen LogP contribution in [0.4, 0.5) is 0 Å². The predicted molar refractivity (Wildman–Crippen MR) is 76.3 cm³/mol. The first-order valence-corrected chi connectivity index (χ1v) is 7.56. The van der Waals surface area contributed by atoms with E-state index in [-0.39, 0.29) is 11.7 Å². The molecule has 1 saturated carbocycles. The molecule has 19 heavy (non-hydrogen) atoms. The Morgan fingerprint density at radius 3 is 2.68 bits per heavy atom. The zero-order chi connectivity index (χ0) is 13.3. The van der Waals surface area contributed by atoms with Crippen LogP contribution < -0.4 is 0 Å². The smallest absolute Gasteiger partial charge is 0.0936 e. The van der Waals surface area contributed by atoms with Gasteiger partial charge in [0.2, 0.25) is 0 Å². The van der Waals surface area contributed by atoms with Crippen molar-refractivity contribution < 1.29 is 9.84 Å². The van der Waals surface area contributed by atoms with Crippen molar-refractivity contribution in [2.24, 2.45) is 0 Å². The molecule has 0 heterocycles. The second kappa shape index (κ2) is 5.26. The third-order valence-corrected chi connectivity index (χ3v) is 5.18. The van der Waals surface area contributed by atoms with E-state index >= 15 is 0 Å². The highest BCUT2D eigenvalue weighted by Gasteiger charge is 2.41. The minimum Gasteiger partial charge on any atom is -0.390 e. The van der Waals surface area contributed by atoms with Gasteiger partial charge in [0.25, 0.3) is 0 Å². The molecule has 0 saturated heterocycles. The molecular weight excluding hydrogens is 236 g/mol. The molecule has 1 aromatic carbocycles. The van der Waals surface area contributed by atoms with Gasteiger partial charge in [0, 0.05) is 7.11 Å². The van der Waals surface area contributed by atoms with Gasteiger partial charge in [0.05, 0.1) is 11.7 Å². The van der Waals surface area contributed by atoms with Gasteiger partial charge in [0.15, 0.2) is 0 Å². The second-order valence-corrected chi connectivity index (χ2v) is 6.18. The SMILES string of the molecule is COC1(C(O)CC2Cc3ccccc32)CCCCC1. The fraction of sp³-hybridized carbons (Fsp3) is 0.647. The van der Waals surface area contributed by atoms with Crippen molar-refractivity contribution in [3.8, 4) is 0 Å². The van der Waals surface area contributed by atoms with Crippen LogP contribution in [-0.2, 0) is 11.2 Å². The standard InChI is InChI=1S/C17H24O2/c1-19-17(9-5-2-6-10-17)16(18)12-14-11-13-7-3-4-8-15(13)14/h3-4,7-8,14,16,18H,2,5-6,9-12H2,1H3. The van der Waals surface area contributed by atoms with Crippen LogP contribution in [0.5, 0.6) is 0 Å². The van der Waals surface area contributed by atoms with Crippen LogP contribution in [0.1, 0.15) is 55.6 Å². The first kappa shape index (κ1) is 13.1. The minimum atomic E-state index is -0.323. The van der Waals surface area contributed by atoms with Gasteiger partial charge in [-0.05, 0) is 42.7 Å². The molecular formula is C17H24O2. The van der Waals surface area contributed by atoms with Gasteiger partial charge >= 0.3 is 0 Å². The number of hydrogen-bond donors (Lipinski definition) is 1. The average molecular weight is 260 g/mol. The molecule has 0 aliphatic heterocycles. The maximum atomic E-state index is 10.7. The maximum Gasteiger partial charge on any atom is 0.0936 e. The normalized spacial score (nSPS) is 26.3. The van der Waals surface area contributed by atoms with Crippen molar-refractivity contribution in [2.45, 2.75) is 62.6 Å². The van der Waals surface area contributed by atoms with Crippen molar-refractivity contribution in [1.82, 2.24) is 0 Å². The van der Waals surface area contributed by atoms with E-state index in [1.807, 2.05) is 0 Å². The first-order chi connectivity index (χ1) is 9.25. The Morgan fingerprint density at radius 1 is 1.26 bits per heavy atom. The highest BCUT2D eigenvalue weighted by molar-refractivity contribution is 5.40. The lowest BCUT2D eigenvalue weighted by Crippen LogP contribution is -2.47. The summed E-state index contributed by atoms with van der Waals surface area (Å²) in [5, 5.41) is 10.7. The van der Waals surface area contributed by atoms with Gasteiger partial charge < -0.3 is 9.84 Å². The summed E-state index contributed by atoms with van der Waals surface area (Å²) in [4.78, 5) is 0. The zero-order valence-electron chi connectivity index (χ0n) is 11.8. The van der Waals surface area contributed by atoms with Crippen LogP contribution >= 0.6 is 0 Å². The molecule has 0 bridgehead atoms. The summed E-state index contributed by atoms with van der Waals surface area (Å²) in [5.74, 6) is 0.528. The van der Waals surface area contributed by atoms with Gasteiger partial charge in [-0.1, -0.05) is 43.5 Å². The van der Waals surface area contributed by atoms with E-state index < -0.39 is 0 Å². The lowest BCUT2D eigenvalue weighted by atomic mass is 9.70. The molecule has 1 aromatic rings. The molecule has 0 spiro atoms. The molecule has 1 fully saturated rings. The molecule has 2 heteroatoms. The van der Waals surface area contributed by atoms with Crippen LogP contribution in [0.25, 0.3) is 0 Å². The molecule has 0 amide bonds. The Kier molecular flexibility index (Phi) is 3.64. The second-order valence-electron chi connectivity index (χ2n) is 6.18. The molecule has 104 valence electrons. The third-order valence-electron chi connectivity index (χ3n) is 5.18. The Labute approximate surface area is 115 Å². The summed E-state index contributed by atoms with van der Waals surface area (Å²) >= 11 is 0. The number of fused-ring (bicyclic) bond motifs is 1. The first-order valence-electron chi connectivity index (χ1n) is 7.56. The van der Waals surface area contributed by atoms with E-state index in [0.717, 1.165) is 25.7 Å². The highest BCUT2D eigenvalue weighted by atomic mass is 16.5. The fourth-order valence-electron chi connectivity index (χ4n) is 3.88. The van der Waals surface area contributed by atoms with Crippen molar-refractivity contribution in [1.29, 1.82) is 0 Å². The van der Waals surface area contributed by atoms with Crippen LogP contribution in [-0.4, -0.2) is 23.9 Å². The number of rotatable bonds is 4. The Morgan fingerprint density at radius 2 is 2.00 bits per heavy atom. The minimum absolute atomic E-state index is 0.275. The Balaban J connectivity index is 1.67. The average Bonchev–Trinajstić information content (AvgIpc) is 2.45. The molecule has 2 aliphatic carbocycles. The molecule has 2 unspecified atom stereocenters. The van der Waals surface area contributed by atoms with Crippen LogP contribution in [0.15, 0.2) is 24.3 Å². The zero-order valence-corrected chi connectivity index (χ0v) is 11.8. The molecule has 1 N–H and O–H groups in total. The summed E-state index contributed by atoms with van der Waals surface area (Å²) in [6.07, 6.45) is 7.33. The number of ether oxygens (including phenoxy) is 1. The van der Waals surface area contributed by atoms with E-state index in [0.29, 0.717) is 5.92 Å². The van der Waals surface area contributed by atoms with Crippen LogP contribution in [0.3, 0.4) is 0 Å². The van der Waals surface area contributed by atoms with E-state index in [1.165, 1.54) is 30.4 Å².